The molecule has 0 unspecified atom stereocenters. The fourth-order valence-corrected chi connectivity index (χ4v) is 9.04. The molecule has 12 nitrogen and oxygen atoms in total. The minimum Gasteiger partial charge on any atom is -0.744 e. The summed E-state index contributed by atoms with van der Waals surface area (Å²) in [7, 11) is -9.48. The number of rotatable bonds is 2. The summed E-state index contributed by atoms with van der Waals surface area (Å²) in [6.45, 7) is 0. The van der Waals surface area contributed by atoms with Crippen LogP contribution in [0.5, 0.6) is 0 Å². The normalized spacial score (nSPS) is 13.5. The maximum Gasteiger partial charge on any atom is 0.264 e. The van der Waals surface area contributed by atoms with Crippen molar-refractivity contribution < 1.29 is 25.9 Å². The Morgan fingerprint density at radius 3 is 1.12 bits per heavy atom. The monoisotopic (exact) mass is 694 g/mol. The van der Waals surface area contributed by atoms with Crippen LogP contribution >= 0.6 is 0 Å². The second-order valence-corrected chi connectivity index (χ2v) is 15.3. The van der Waals surface area contributed by atoms with Crippen LogP contribution < -0.4 is 11.1 Å². The molecular formula is C36H14N4O8S2-2. The molecule has 0 amide bonds. The molecule has 7 aromatic carbocycles. The van der Waals surface area contributed by atoms with Crippen LogP contribution in [0.3, 0.4) is 0 Å². The predicted octanol–water partition coefficient (Wildman–Crippen LogP) is 5.05. The van der Waals surface area contributed by atoms with Gasteiger partial charge in [0.15, 0.2) is 0 Å². The maximum atomic E-state index is 14.1. The first-order valence-electron chi connectivity index (χ1n) is 15.2. The Morgan fingerprint density at radius 2 is 0.760 bits per heavy atom. The van der Waals surface area contributed by atoms with Crippen molar-refractivity contribution in [3.63, 3.8) is 0 Å². The Kier molecular flexibility index (Phi) is 4.77. The van der Waals surface area contributed by atoms with E-state index in [1.54, 1.807) is 12.1 Å². The van der Waals surface area contributed by atoms with E-state index in [0.717, 1.165) is 32.3 Å². The molecule has 14 heteroatoms. The van der Waals surface area contributed by atoms with Gasteiger partial charge in [0.2, 0.25) is 0 Å². The van der Waals surface area contributed by atoms with Gasteiger partial charge >= 0.3 is 0 Å². The van der Waals surface area contributed by atoms with Crippen LogP contribution in [-0.4, -0.2) is 44.7 Å². The molecule has 0 saturated heterocycles. The third-order valence-electron chi connectivity index (χ3n) is 10.1. The lowest BCUT2D eigenvalue weighted by Gasteiger charge is -2.18. The highest BCUT2D eigenvalue weighted by Crippen LogP contribution is 2.45. The molecular weight excluding hydrogens is 681 g/mol. The predicted molar refractivity (Wildman–Crippen MR) is 186 cm³/mol. The van der Waals surface area contributed by atoms with Crippen molar-refractivity contribution in [1.82, 2.24) is 18.8 Å². The topological polar surface area (TPSA) is 183 Å². The first-order valence-corrected chi connectivity index (χ1v) is 18.0. The lowest BCUT2D eigenvalue weighted by molar-refractivity contribution is 0.461. The van der Waals surface area contributed by atoms with E-state index in [-0.39, 0.29) is 22.2 Å². The van der Waals surface area contributed by atoms with E-state index in [4.69, 9.17) is 0 Å². The van der Waals surface area contributed by atoms with Crippen molar-refractivity contribution >= 4 is 118 Å². The highest BCUT2D eigenvalue weighted by atomic mass is 32.2. The summed E-state index contributed by atoms with van der Waals surface area (Å²) >= 11 is 0. The first kappa shape index (κ1) is 27.8. The highest BCUT2D eigenvalue weighted by molar-refractivity contribution is 7.86. The molecule has 0 saturated carbocycles. The van der Waals surface area contributed by atoms with Gasteiger partial charge < -0.3 is 9.11 Å². The fourth-order valence-electron chi connectivity index (χ4n) is 8.06. The average molecular weight is 695 g/mol. The third-order valence-corrected chi connectivity index (χ3v) is 11.7. The number of pyridine rings is 2. The first-order chi connectivity index (χ1) is 23.9. The molecule has 0 aliphatic rings. The quantitative estimate of drug-likeness (QED) is 0.135. The Bertz CT molecular complexity index is 3490. The molecule has 0 fully saturated rings. The second kappa shape index (κ2) is 8.56. The molecule has 11 aromatic rings. The SMILES string of the molecule is O=c1c2ccc3c4ccc5c(=O)n6c7ccc(S(=O)(=O)[O-])cc7nc6c6ccc(c7ccc(c2c37)c2nc3cc(S(=O)(=O)[O-])ccc3n12)c4c56. The van der Waals surface area contributed by atoms with Gasteiger partial charge in [0, 0.05) is 32.3 Å². The van der Waals surface area contributed by atoms with Gasteiger partial charge in [-0.05, 0) is 93.0 Å². The summed E-state index contributed by atoms with van der Waals surface area (Å²) < 4.78 is 73.2. The van der Waals surface area contributed by atoms with Gasteiger partial charge in [-0.1, -0.05) is 24.3 Å². The van der Waals surface area contributed by atoms with Gasteiger partial charge in [0.25, 0.3) is 11.1 Å². The van der Waals surface area contributed by atoms with E-state index in [0.29, 0.717) is 54.6 Å². The van der Waals surface area contributed by atoms with Gasteiger partial charge in [0.05, 0.1) is 31.9 Å². The Morgan fingerprint density at radius 1 is 0.440 bits per heavy atom. The van der Waals surface area contributed by atoms with Gasteiger partial charge in [-0.15, -0.1) is 0 Å². The van der Waals surface area contributed by atoms with Crippen LogP contribution in [0.1, 0.15) is 0 Å². The lowest BCUT2D eigenvalue weighted by atomic mass is 9.86. The van der Waals surface area contributed by atoms with Crippen LogP contribution in [0, 0.1) is 0 Å². The molecule has 0 bridgehead atoms. The molecule has 11 rings (SSSR count). The molecule has 0 aliphatic carbocycles. The molecule has 0 spiro atoms. The second-order valence-electron chi connectivity index (χ2n) is 12.5. The number of hydrogen-bond donors (Lipinski definition) is 0. The van der Waals surface area contributed by atoms with Crippen LogP contribution in [-0.2, 0) is 20.2 Å². The minimum atomic E-state index is -4.74. The fraction of sp³-hybridized carbons (Fsp3) is 0. The Balaban J connectivity index is 1.30. The highest BCUT2D eigenvalue weighted by Gasteiger charge is 2.24. The van der Waals surface area contributed by atoms with E-state index >= 15 is 0 Å². The van der Waals surface area contributed by atoms with Crippen molar-refractivity contribution in [2.24, 2.45) is 0 Å². The van der Waals surface area contributed by atoms with E-state index < -0.39 is 30.0 Å². The minimum absolute atomic E-state index is 0.203. The summed E-state index contributed by atoms with van der Waals surface area (Å²) in [5.74, 6) is 0. The standard InChI is InChI=1S/C36H16N4O8S2/c41-35-23-9-5-19-20-6-10-24-32-22(34-38-26-14-16(50(46,47)48)2-12-28(26)40(34)36(24)42)8-4-18(30(20)32)17-3-7-21(31(23)29(17)19)33-37-25-13-15(49(43,44)45)1-11-27(25)39(33)35/h1-14H,(H,43,44,45)(H,46,47,48)/p-2. The van der Waals surface area contributed by atoms with E-state index in [2.05, 4.69) is 9.97 Å². The van der Waals surface area contributed by atoms with Gasteiger partial charge in [-0.25, -0.2) is 26.8 Å². The maximum absolute atomic E-state index is 14.1. The molecule has 0 atom stereocenters. The van der Waals surface area contributed by atoms with Crippen LogP contribution in [0.4, 0.5) is 0 Å². The van der Waals surface area contributed by atoms with Gasteiger partial charge in [-0.3, -0.25) is 18.4 Å². The smallest absolute Gasteiger partial charge is 0.264 e. The Hall–Kier alpha value is -6.06. The number of nitrogens with zero attached hydrogens (tertiary/aromatic N) is 4. The lowest BCUT2D eigenvalue weighted by Crippen LogP contribution is -2.14. The molecule has 50 heavy (non-hydrogen) atoms. The summed E-state index contributed by atoms with van der Waals surface area (Å²) in [6.07, 6.45) is 0. The molecule has 0 N–H and O–H groups in total. The zero-order valence-electron chi connectivity index (χ0n) is 25.0. The van der Waals surface area contributed by atoms with Gasteiger partial charge in [0.1, 0.15) is 31.5 Å². The molecule has 4 aromatic heterocycles. The van der Waals surface area contributed by atoms with E-state index in [1.165, 1.54) is 45.2 Å². The number of benzene rings is 7. The summed E-state index contributed by atoms with van der Waals surface area (Å²) in [6, 6.07) is 22.4. The zero-order chi connectivity index (χ0) is 34.2. The molecule has 4 heterocycles. The summed E-state index contributed by atoms with van der Waals surface area (Å²) in [4.78, 5) is 36.6. The van der Waals surface area contributed by atoms with Gasteiger partial charge in [-0.2, -0.15) is 0 Å². The molecule has 0 aliphatic heterocycles. The van der Waals surface area contributed by atoms with Crippen molar-refractivity contribution in [3.8, 4) is 0 Å². The van der Waals surface area contributed by atoms with Crippen LogP contribution in [0.25, 0.3) is 98.0 Å². The average Bonchev–Trinajstić information content (AvgIpc) is 3.67. The van der Waals surface area contributed by atoms with E-state index in [1.807, 2.05) is 36.4 Å². The zero-order valence-corrected chi connectivity index (χ0v) is 26.6. The van der Waals surface area contributed by atoms with Crippen molar-refractivity contribution in [2.75, 3.05) is 0 Å². The summed E-state index contributed by atoms with van der Waals surface area (Å²) in [5.41, 5.74) is 1.13. The number of imidazole rings is 2. The van der Waals surface area contributed by atoms with Crippen molar-refractivity contribution in [3.05, 3.63) is 106 Å². The number of fused-ring (bicyclic) bond motifs is 10. The summed E-state index contributed by atoms with van der Waals surface area (Å²) in [5, 5.41) is 8.58. The number of aromatic nitrogens is 4. The number of hydrogen-bond acceptors (Lipinski definition) is 10. The van der Waals surface area contributed by atoms with Crippen LogP contribution in [0.15, 0.2) is 104 Å². The molecule has 0 radical (unpaired) electrons. The van der Waals surface area contributed by atoms with Crippen molar-refractivity contribution in [1.29, 1.82) is 0 Å². The largest absolute Gasteiger partial charge is 0.744 e. The molecule has 240 valence electrons. The van der Waals surface area contributed by atoms with Crippen molar-refractivity contribution in [2.45, 2.75) is 9.79 Å². The van der Waals surface area contributed by atoms with Crippen LogP contribution in [0.2, 0.25) is 0 Å². The third kappa shape index (κ3) is 3.21. The van der Waals surface area contributed by atoms with E-state index in [9.17, 15) is 35.5 Å². The Labute approximate surface area is 277 Å².